The lowest BCUT2D eigenvalue weighted by molar-refractivity contribution is -0.116. The third-order valence-electron chi connectivity index (χ3n) is 4.89. The summed E-state index contributed by atoms with van der Waals surface area (Å²) < 4.78 is 7.40. The van der Waals surface area contributed by atoms with Crippen LogP contribution >= 0.6 is 0 Å². The minimum atomic E-state index is -0.121. The van der Waals surface area contributed by atoms with Crippen LogP contribution in [0.4, 0.5) is 5.69 Å². The second kappa shape index (κ2) is 13.0. The second-order valence-electron chi connectivity index (χ2n) is 7.86. The van der Waals surface area contributed by atoms with E-state index in [1.54, 1.807) is 30.2 Å². The van der Waals surface area contributed by atoms with E-state index in [0.717, 1.165) is 23.8 Å². The summed E-state index contributed by atoms with van der Waals surface area (Å²) in [5.41, 5.74) is 2.96. The van der Waals surface area contributed by atoms with Crippen LogP contribution in [0.3, 0.4) is 0 Å². The number of guanidine groups is 1. The number of carbonyl (C=O) groups is 1. The number of carbonyl (C=O) groups excluding carboxylic acids is 1. The number of hydrogen-bond acceptors (Lipinski definition) is 4. The van der Waals surface area contributed by atoms with E-state index in [9.17, 15) is 4.79 Å². The largest absolute Gasteiger partial charge is 0.376 e. The quantitative estimate of drug-likeness (QED) is 0.310. The molecule has 1 heterocycles. The fourth-order valence-electron chi connectivity index (χ4n) is 3.19. The smallest absolute Gasteiger partial charge is 0.246 e. The van der Waals surface area contributed by atoms with Crippen molar-refractivity contribution in [1.29, 1.82) is 0 Å². The van der Waals surface area contributed by atoms with Gasteiger partial charge >= 0.3 is 0 Å². The number of hydrogen-bond donors (Lipinski definition) is 3. The van der Waals surface area contributed by atoms with Crippen LogP contribution in [-0.2, 0) is 29.2 Å². The summed E-state index contributed by atoms with van der Waals surface area (Å²) in [4.78, 5) is 16.5. The summed E-state index contributed by atoms with van der Waals surface area (Å²) >= 11 is 0. The van der Waals surface area contributed by atoms with Crippen molar-refractivity contribution in [2.75, 3.05) is 25.5 Å². The Kier molecular flexibility index (Phi) is 9.47. The summed E-state index contributed by atoms with van der Waals surface area (Å²) in [7, 11) is 1.75. The maximum Gasteiger partial charge on any atom is 0.246 e. The van der Waals surface area contributed by atoms with Gasteiger partial charge < -0.3 is 20.7 Å². The van der Waals surface area contributed by atoms with Crippen LogP contribution in [0.2, 0.25) is 0 Å². The molecular weight excluding hydrogens is 416 g/mol. The molecule has 0 saturated carbocycles. The summed E-state index contributed by atoms with van der Waals surface area (Å²) in [6, 6.07) is 19.7. The summed E-state index contributed by atoms with van der Waals surface area (Å²) in [5, 5.41) is 13.6. The zero-order chi connectivity index (χ0) is 23.3. The molecule has 0 spiro atoms. The van der Waals surface area contributed by atoms with Crippen molar-refractivity contribution in [3.05, 3.63) is 84.2 Å². The molecule has 0 radical (unpaired) electrons. The van der Waals surface area contributed by atoms with Crippen molar-refractivity contribution in [3.63, 3.8) is 0 Å². The van der Waals surface area contributed by atoms with Gasteiger partial charge in [-0.1, -0.05) is 49.4 Å². The molecule has 0 saturated heterocycles. The molecule has 1 amide bonds. The molecule has 3 N–H and O–H groups in total. The Balaban J connectivity index is 1.38. The fourth-order valence-corrected chi connectivity index (χ4v) is 3.19. The van der Waals surface area contributed by atoms with E-state index in [1.165, 1.54) is 5.56 Å². The molecule has 8 nitrogen and oxygen atoms in total. The minimum Gasteiger partial charge on any atom is -0.376 e. The van der Waals surface area contributed by atoms with Crippen LogP contribution in [0.15, 0.2) is 78.0 Å². The first-order chi connectivity index (χ1) is 16.1. The van der Waals surface area contributed by atoms with Crippen LogP contribution < -0.4 is 16.0 Å². The molecule has 3 rings (SSSR count). The highest BCUT2D eigenvalue weighted by Crippen LogP contribution is 2.11. The topological polar surface area (TPSA) is 92.6 Å². The van der Waals surface area contributed by atoms with Gasteiger partial charge in [-0.25, -0.2) is 0 Å². The molecule has 0 aliphatic carbocycles. The van der Waals surface area contributed by atoms with E-state index < -0.39 is 0 Å². The summed E-state index contributed by atoms with van der Waals surface area (Å²) in [6.45, 7) is 4.94. The van der Waals surface area contributed by atoms with Crippen molar-refractivity contribution in [3.8, 4) is 0 Å². The van der Waals surface area contributed by atoms with Crippen LogP contribution in [0.25, 0.3) is 0 Å². The summed E-state index contributed by atoms with van der Waals surface area (Å²) in [5.74, 6) is 0.934. The Morgan fingerprint density at radius 3 is 2.67 bits per heavy atom. The second-order valence-corrected chi connectivity index (χ2v) is 7.86. The molecule has 1 atom stereocenters. The number of amides is 1. The Morgan fingerprint density at radius 2 is 1.91 bits per heavy atom. The van der Waals surface area contributed by atoms with Gasteiger partial charge in [-0.2, -0.15) is 5.10 Å². The van der Waals surface area contributed by atoms with E-state index in [2.05, 4.69) is 45.1 Å². The zero-order valence-electron chi connectivity index (χ0n) is 19.2. The number of rotatable bonds is 11. The van der Waals surface area contributed by atoms with Gasteiger partial charge in [-0.3, -0.25) is 14.5 Å². The van der Waals surface area contributed by atoms with Crippen molar-refractivity contribution in [2.45, 2.75) is 26.6 Å². The van der Waals surface area contributed by atoms with Gasteiger partial charge in [0.1, 0.15) is 6.54 Å². The number of nitrogens with one attached hydrogen (secondary N) is 3. The van der Waals surface area contributed by atoms with Crippen LogP contribution in [0, 0.1) is 5.92 Å². The highest BCUT2D eigenvalue weighted by molar-refractivity contribution is 5.90. The molecule has 8 heteroatoms. The molecule has 1 unspecified atom stereocenters. The Morgan fingerprint density at radius 1 is 1.09 bits per heavy atom. The van der Waals surface area contributed by atoms with Crippen LogP contribution in [-0.4, -0.2) is 41.8 Å². The van der Waals surface area contributed by atoms with E-state index in [1.807, 2.05) is 42.5 Å². The first kappa shape index (κ1) is 24.0. The van der Waals surface area contributed by atoms with Crippen molar-refractivity contribution >= 4 is 17.6 Å². The number of aromatic nitrogens is 2. The molecular formula is C25H32N6O2. The van der Waals surface area contributed by atoms with Gasteiger partial charge in [0.25, 0.3) is 0 Å². The molecule has 2 aromatic carbocycles. The van der Waals surface area contributed by atoms with Crippen molar-refractivity contribution in [2.24, 2.45) is 10.9 Å². The molecule has 0 aliphatic heterocycles. The monoisotopic (exact) mass is 448 g/mol. The van der Waals surface area contributed by atoms with Crippen molar-refractivity contribution < 1.29 is 9.53 Å². The third kappa shape index (κ3) is 8.78. The molecule has 1 aromatic heterocycles. The van der Waals surface area contributed by atoms with E-state index in [-0.39, 0.29) is 12.5 Å². The van der Waals surface area contributed by atoms with E-state index in [0.29, 0.717) is 25.7 Å². The molecule has 0 aliphatic rings. The maximum absolute atomic E-state index is 12.2. The van der Waals surface area contributed by atoms with Crippen molar-refractivity contribution in [1.82, 2.24) is 20.4 Å². The highest BCUT2D eigenvalue weighted by atomic mass is 16.5. The molecule has 3 aromatic rings. The number of anilines is 1. The standard InChI is InChI=1S/C25H32N6O2/c1-20(18-33-19-21-8-4-3-5-9-21)15-27-25(26-2)28-16-22-10-6-11-23(14-22)30-24(32)17-31-13-7-12-29-31/h3-14,20H,15-19H2,1-2H3,(H,30,32)(H2,26,27,28). The number of ether oxygens (including phenoxy) is 1. The number of nitrogens with zero attached hydrogens (tertiary/aromatic N) is 3. The van der Waals surface area contributed by atoms with E-state index >= 15 is 0 Å². The lowest BCUT2D eigenvalue weighted by atomic mass is 10.2. The Labute approximate surface area is 195 Å². The van der Waals surface area contributed by atoms with Gasteiger partial charge in [0.2, 0.25) is 5.91 Å². The first-order valence-electron chi connectivity index (χ1n) is 11.0. The molecule has 174 valence electrons. The lowest BCUT2D eigenvalue weighted by Crippen LogP contribution is -2.39. The molecule has 0 fully saturated rings. The third-order valence-corrected chi connectivity index (χ3v) is 4.89. The van der Waals surface area contributed by atoms with Crippen LogP contribution in [0.1, 0.15) is 18.1 Å². The Bertz CT molecular complexity index is 1000. The van der Waals surface area contributed by atoms with Gasteiger partial charge in [0.15, 0.2) is 5.96 Å². The average Bonchev–Trinajstić information content (AvgIpc) is 3.33. The SMILES string of the molecule is CN=C(NCc1cccc(NC(=O)Cn2cccn2)c1)NCC(C)COCc1ccccc1. The fraction of sp³-hybridized carbons (Fsp3) is 0.320. The minimum absolute atomic E-state index is 0.121. The normalized spacial score (nSPS) is 12.2. The van der Waals surface area contributed by atoms with Gasteiger partial charge in [0.05, 0.1) is 13.2 Å². The van der Waals surface area contributed by atoms with Crippen LogP contribution in [0.5, 0.6) is 0 Å². The summed E-state index contributed by atoms with van der Waals surface area (Å²) in [6.07, 6.45) is 3.41. The first-order valence-corrected chi connectivity index (χ1v) is 11.0. The average molecular weight is 449 g/mol. The predicted molar refractivity (Wildman–Crippen MR) is 131 cm³/mol. The van der Waals surface area contributed by atoms with Gasteiger partial charge in [0, 0.05) is 38.2 Å². The lowest BCUT2D eigenvalue weighted by Gasteiger charge is -2.16. The number of aliphatic imine (C=N–C) groups is 1. The predicted octanol–water partition coefficient (Wildman–Crippen LogP) is 3.04. The van der Waals surface area contributed by atoms with E-state index in [4.69, 9.17) is 4.74 Å². The Hall–Kier alpha value is -3.65. The zero-order valence-corrected chi connectivity index (χ0v) is 19.2. The number of benzene rings is 2. The maximum atomic E-state index is 12.2. The van der Waals surface area contributed by atoms with Gasteiger partial charge in [-0.15, -0.1) is 0 Å². The highest BCUT2D eigenvalue weighted by Gasteiger charge is 2.07. The molecule has 0 bridgehead atoms. The molecule has 33 heavy (non-hydrogen) atoms. The van der Waals surface area contributed by atoms with Gasteiger partial charge in [-0.05, 0) is 35.2 Å².